The summed E-state index contributed by atoms with van der Waals surface area (Å²) < 4.78 is 1.85. The number of rotatable bonds is 3. The third-order valence-corrected chi connectivity index (χ3v) is 6.00. The first-order valence-electron chi connectivity index (χ1n) is 9.04. The van der Waals surface area contributed by atoms with E-state index in [9.17, 15) is 4.79 Å². The molecule has 0 unspecified atom stereocenters. The maximum Gasteiger partial charge on any atom is 0.266 e. The molecule has 1 amide bonds. The van der Waals surface area contributed by atoms with Gasteiger partial charge in [0.2, 0.25) is 0 Å². The van der Waals surface area contributed by atoms with Gasteiger partial charge in [0, 0.05) is 11.1 Å². The van der Waals surface area contributed by atoms with Crippen LogP contribution in [0.3, 0.4) is 0 Å². The molecule has 0 atom stereocenters. The van der Waals surface area contributed by atoms with Crippen LogP contribution in [0.5, 0.6) is 0 Å². The van der Waals surface area contributed by atoms with Gasteiger partial charge in [0.25, 0.3) is 5.91 Å². The molecule has 1 N–H and O–H groups in total. The van der Waals surface area contributed by atoms with E-state index in [1.54, 1.807) is 0 Å². The molecule has 4 rings (SSSR count). The van der Waals surface area contributed by atoms with Crippen molar-refractivity contribution in [2.24, 2.45) is 0 Å². The zero-order valence-electron chi connectivity index (χ0n) is 16.5. The lowest BCUT2D eigenvalue weighted by Gasteiger charge is -2.07. The van der Waals surface area contributed by atoms with Gasteiger partial charge in [-0.3, -0.25) is 4.79 Å². The van der Waals surface area contributed by atoms with Gasteiger partial charge in [-0.2, -0.15) is 5.10 Å². The van der Waals surface area contributed by atoms with Crippen molar-refractivity contribution in [1.82, 2.24) is 19.7 Å². The molecule has 0 bridgehead atoms. The summed E-state index contributed by atoms with van der Waals surface area (Å²) in [5, 5.41) is 8.63. The van der Waals surface area contributed by atoms with E-state index in [-0.39, 0.29) is 5.91 Å². The second kappa shape index (κ2) is 6.83. The molecule has 28 heavy (non-hydrogen) atoms. The standard InChI is InChI=1S/C21H21N5OS/c1-11-17-12(2)22-15(5)23-21(17)28-19(11)20(27)24-18-13(3)25-26(14(18)4)16-9-7-6-8-10-16/h6-10H,1-5H3,(H,24,27). The summed E-state index contributed by atoms with van der Waals surface area (Å²) in [4.78, 5) is 23.5. The molecule has 4 aromatic rings. The first kappa shape index (κ1) is 18.3. The predicted octanol–water partition coefficient (Wildman–Crippen LogP) is 4.67. The number of thiophene rings is 1. The molecular weight excluding hydrogens is 370 g/mol. The Morgan fingerprint density at radius 2 is 1.71 bits per heavy atom. The SMILES string of the molecule is Cc1nc(C)c2c(C)c(C(=O)Nc3c(C)nn(-c4ccccc4)c3C)sc2n1. The smallest absolute Gasteiger partial charge is 0.266 e. The van der Waals surface area contributed by atoms with Gasteiger partial charge in [-0.15, -0.1) is 11.3 Å². The summed E-state index contributed by atoms with van der Waals surface area (Å²) in [6.45, 7) is 9.63. The average Bonchev–Trinajstić information content (AvgIpc) is 3.13. The Labute approximate surface area is 167 Å². The van der Waals surface area contributed by atoms with Crippen molar-refractivity contribution in [2.75, 3.05) is 5.32 Å². The zero-order chi connectivity index (χ0) is 20.0. The molecule has 7 heteroatoms. The maximum absolute atomic E-state index is 13.1. The first-order chi connectivity index (χ1) is 13.4. The second-order valence-corrected chi connectivity index (χ2v) is 7.84. The van der Waals surface area contributed by atoms with Crippen LogP contribution in [0.25, 0.3) is 15.9 Å². The number of aryl methyl sites for hydroxylation is 4. The van der Waals surface area contributed by atoms with Crippen LogP contribution in [0.4, 0.5) is 5.69 Å². The fourth-order valence-electron chi connectivity index (χ4n) is 3.50. The normalized spacial score (nSPS) is 11.2. The van der Waals surface area contributed by atoms with Crippen LogP contribution in [0, 0.1) is 34.6 Å². The Balaban J connectivity index is 1.72. The minimum Gasteiger partial charge on any atom is -0.318 e. The van der Waals surface area contributed by atoms with Gasteiger partial charge in [0.15, 0.2) is 0 Å². The van der Waals surface area contributed by atoms with Crippen LogP contribution in [0.2, 0.25) is 0 Å². The number of anilines is 1. The van der Waals surface area contributed by atoms with Crippen molar-refractivity contribution in [1.29, 1.82) is 0 Å². The van der Waals surface area contributed by atoms with Gasteiger partial charge in [-0.25, -0.2) is 14.6 Å². The van der Waals surface area contributed by atoms with Crippen LogP contribution < -0.4 is 5.32 Å². The number of para-hydroxylation sites is 1. The topological polar surface area (TPSA) is 72.7 Å². The van der Waals surface area contributed by atoms with E-state index in [4.69, 9.17) is 0 Å². The third-order valence-electron chi connectivity index (χ3n) is 4.82. The summed E-state index contributed by atoms with van der Waals surface area (Å²) >= 11 is 1.40. The average molecular weight is 392 g/mol. The Kier molecular flexibility index (Phi) is 4.47. The lowest BCUT2D eigenvalue weighted by Crippen LogP contribution is -2.12. The summed E-state index contributed by atoms with van der Waals surface area (Å²) in [5.41, 5.74) is 5.19. The molecular formula is C21H21N5OS. The number of fused-ring (bicyclic) bond motifs is 1. The number of hydrogen-bond donors (Lipinski definition) is 1. The van der Waals surface area contributed by atoms with Gasteiger partial charge in [-0.1, -0.05) is 18.2 Å². The molecule has 0 saturated carbocycles. The van der Waals surface area contributed by atoms with Crippen molar-refractivity contribution in [3.05, 3.63) is 63.7 Å². The van der Waals surface area contributed by atoms with Gasteiger partial charge in [-0.05, 0) is 52.3 Å². The lowest BCUT2D eigenvalue weighted by atomic mass is 10.1. The molecule has 0 aliphatic heterocycles. The molecule has 1 aromatic carbocycles. The minimum atomic E-state index is -0.142. The fraction of sp³-hybridized carbons (Fsp3) is 0.238. The Bertz CT molecular complexity index is 1210. The van der Waals surface area contributed by atoms with E-state index in [0.29, 0.717) is 10.7 Å². The van der Waals surface area contributed by atoms with Crippen molar-refractivity contribution >= 4 is 33.1 Å². The van der Waals surface area contributed by atoms with E-state index in [1.807, 2.05) is 69.6 Å². The molecule has 0 aliphatic carbocycles. The zero-order valence-corrected chi connectivity index (χ0v) is 17.3. The summed E-state index contributed by atoms with van der Waals surface area (Å²) in [6.07, 6.45) is 0. The third kappa shape index (κ3) is 2.97. The van der Waals surface area contributed by atoms with Gasteiger partial charge in [0.05, 0.1) is 27.6 Å². The Morgan fingerprint density at radius 1 is 1.00 bits per heavy atom. The molecule has 0 spiro atoms. The van der Waals surface area contributed by atoms with Crippen LogP contribution >= 0.6 is 11.3 Å². The monoisotopic (exact) mass is 391 g/mol. The van der Waals surface area contributed by atoms with Crippen LogP contribution in [-0.2, 0) is 0 Å². The van der Waals surface area contributed by atoms with Gasteiger partial charge >= 0.3 is 0 Å². The lowest BCUT2D eigenvalue weighted by molar-refractivity contribution is 0.103. The number of nitrogens with one attached hydrogen (secondary N) is 1. The molecule has 0 radical (unpaired) electrons. The molecule has 0 saturated heterocycles. The largest absolute Gasteiger partial charge is 0.318 e. The number of benzene rings is 1. The fourth-order valence-corrected chi connectivity index (χ4v) is 4.68. The van der Waals surface area contributed by atoms with Crippen LogP contribution in [0.15, 0.2) is 30.3 Å². The van der Waals surface area contributed by atoms with E-state index in [2.05, 4.69) is 20.4 Å². The van der Waals surface area contributed by atoms with Gasteiger partial charge in [0.1, 0.15) is 10.7 Å². The highest BCUT2D eigenvalue weighted by Crippen LogP contribution is 2.32. The highest BCUT2D eigenvalue weighted by Gasteiger charge is 2.21. The molecule has 3 heterocycles. The molecule has 142 valence electrons. The van der Waals surface area contributed by atoms with Crippen molar-refractivity contribution in [3.8, 4) is 5.69 Å². The van der Waals surface area contributed by atoms with Crippen LogP contribution in [-0.4, -0.2) is 25.7 Å². The number of amides is 1. The Hall–Kier alpha value is -3.06. The number of nitrogens with zero attached hydrogens (tertiary/aromatic N) is 4. The van der Waals surface area contributed by atoms with E-state index < -0.39 is 0 Å². The van der Waals surface area contributed by atoms with Crippen LogP contribution in [0.1, 0.15) is 38.1 Å². The van der Waals surface area contributed by atoms with E-state index in [1.165, 1.54) is 11.3 Å². The number of aromatic nitrogens is 4. The Morgan fingerprint density at radius 3 is 2.43 bits per heavy atom. The number of carbonyl (C=O) groups is 1. The van der Waals surface area contributed by atoms with Gasteiger partial charge < -0.3 is 5.32 Å². The summed E-state index contributed by atoms with van der Waals surface area (Å²) in [6, 6.07) is 9.89. The second-order valence-electron chi connectivity index (χ2n) is 6.84. The quantitative estimate of drug-likeness (QED) is 0.551. The van der Waals surface area contributed by atoms with Crippen molar-refractivity contribution in [2.45, 2.75) is 34.6 Å². The van der Waals surface area contributed by atoms with Crippen molar-refractivity contribution < 1.29 is 4.79 Å². The highest BCUT2D eigenvalue weighted by atomic mass is 32.1. The first-order valence-corrected chi connectivity index (χ1v) is 9.85. The molecule has 6 nitrogen and oxygen atoms in total. The molecule has 0 aliphatic rings. The maximum atomic E-state index is 13.1. The molecule has 0 fully saturated rings. The minimum absolute atomic E-state index is 0.142. The van der Waals surface area contributed by atoms with E-state index in [0.717, 1.165) is 44.2 Å². The predicted molar refractivity (Wildman–Crippen MR) is 113 cm³/mol. The van der Waals surface area contributed by atoms with Crippen molar-refractivity contribution in [3.63, 3.8) is 0 Å². The molecule has 3 aromatic heterocycles. The van der Waals surface area contributed by atoms with E-state index >= 15 is 0 Å². The number of carbonyl (C=O) groups excluding carboxylic acids is 1. The highest BCUT2D eigenvalue weighted by molar-refractivity contribution is 7.20. The number of hydrogen-bond acceptors (Lipinski definition) is 5. The summed E-state index contributed by atoms with van der Waals surface area (Å²) in [5.74, 6) is 0.574. The summed E-state index contributed by atoms with van der Waals surface area (Å²) in [7, 11) is 0.